The number of hydrogen-bond donors (Lipinski definition) is 2. The lowest BCUT2D eigenvalue weighted by Gasteiger charge is -2.21. The van der Waals surface area contributed by atoms with Crippen molar-refractivity contribution < 1.29 is 10.0 Å². The van der Waals surface area contributed by atoms with Crippen LogP contribution in [-0.2, 0) is 6.42 Å². The molecule has 0 spiro atoms. The van der Waals surface area contributed by atoms with E-state index in [9.17, 15) is 15.2 Å². The van der Waals surface area contributed by atoms with Crippen LogP contribution < -0.4 is 5.32 Å². The van der Waals surface area contributed by atoms with Crippen LogP contribution in [0.3, 0.4) is 0 Å². The molecule has 0 saturated heterocycles. The molecule has 0 radical (unpaired) electrons. The molecule has 5 nitrogen and oxygen atoms in total. The number of nitrogens with one attached hydrogen (secondary N) is 1. The monoisotopic (exact) mass is 318 g/mol. The van der Waals surface area contributed by atoms with Crippen molar-refractivity contribution in [3.63, 3.8) is 0 Å². The number of halogens is 1. The summed E-state index contributed by atoms with van der Waals surface area (Å²) in [4.78, 5) is 10.4. The number of nitrogens with zero attached hydrogens (tertiary/aromatic N) is 1. The van der Waals surface area contributed by atoms with Gasteiger partial charge in [0.05, 0.1) is 27.8 Å². The van der Waals surface area contributed by atoms with Crippen LogP contribution in [0.1, 0.15) is 22.7 Å². The van der Waals surface area contributed by atoms with Crippen molar-refractivity contribution in [1.29, 1.82) is 0 Å². The summed E-state index contributed by atoms with van der Waals surface area (Å²) in [5, 5.41) is 24.7. The molecule has 3 rings (SSSR count). The largest absolute Gasteiger partial charge is 0.390 e. The number of non-ortho nitro benzene ring substituents is 1. The Labute approximate surface area is 132 Å². The molecule has 22 heavy (non-hydrogen) atoms. The highest BCUT2D eigenvalue weighted by atomic mass is 35.5. The summed E-state index contributed by atoms with van der Waals surface area (Å²) in [6.45, 7) is 1.76. The van der Waals surface area contributed by atoms with E-state index >= 15 is 0 Å². The Hall–Kier alpha value is -2.11. The smallest absolute Gasteiger partial charge is 0.271 e. The van der Waals surface area contributed by atoms with Gasteiger partial charge in [-0.2, -0.15) is 0 Å². The molecule has 2 atom stereocenters. The normalized spacial score (nSPS) is 19.8. The standard InChI is InChI=1S/C16H15ClN2O3/c1-9-6-11(19(21)22)8-13(17)15(9)18-16-12-5-3-2-4-10(12)7-14(16)20/h2-6,8,14,16,18,20H,7H2,1H3. The minimum atomic E-state index is -0.553. The highest BCUT2D eigenvalue weighted by Gasteiger charge is 2.31. The maximum atomic E-state index is 10.9. The van der Waals surface area contributed by atoms with Gasteiger partial charge in [0.15, 0.2) is 0 Å². The summed E-state index contributed by atoms with van der Waals surface area (Å²) >= 11 is 6.18. The molecule has 2 aromatic carbocycles. The predicted octanol–water partition coefficient (Wildman–Crippen LogP) is 3.63. The van der Waals surface area contributed by atoms with E-state index < -0.39 is 11.0 Å². The zero-order valence-electron chi connectivity index (χ0n) is 11.9. The Morgan fingerprint density at radius 3 is 2.77 bits per heavy atom. The van der Waals surface area contributed by atoms with E-state index in [1.165, 1.54) is 12.1 Å². The van der Waals surface area contributed by atoms with Crippen LogP contribution in [0.4, 0.5) is 11.4 Å². The van der Waals surface area contributed by atoms with Gasteiger partial charge in [-0.3, -0.25) is 10.1 Å². The maximum Gasteiger partial charge on any atom is 0.271 e. The van der Waals surface area contributed by atoms with Gasteiger partial charge >= 0.3 is 0 Å². The number of aliphatic hydroxyl groups is 1. The van der Waals surface area contributed by atoms with Crippen LogP contribution in [0, 0.1) is 17.0 Å². The zero-order valence-corrected chi connectivity index (χ0v) is 12.7. The van der Waals surface area contributed by atoms with Gasteiger partial charge in [-0.05, 0) is 23.6 Å². The average Bonchev–Trinajstić information content (AvgIpc) is 2.78. The van der Waals surface area contributed by atoms with Crippen LogP contribution >= 0.6 is 11.6 Å². The predicted molar refractivity (Wildman–Crippen MR) is 85.4 cm³/mol. The number of fused-ring (bicyclic) bond motifs is 1. The van der Waals surface area contributed by atoms with Gasteiger partial charge in [-0.25, -0.2) is 0 Å². The van der Waals surface area contributed by atoms with Crippen molar-refractivity contribution >= 4 is 23.0 Å². The molecule has 1 aliphatic rings. The van der Waals surface area contributed by atoms with E-state index in [4.69, 9.17) is 11.6 Å². The molecule has 2 aromatic rings. The first kappa shape index (κ1) is 14.8. The summed E-state index contributed by atoms with van der Waals surface area (Å²) in [5.41, 5.74) is 3.39. The van der Waals surface area contributed by atoms with E-state index in [1.807, 2.05) is 24.3 Å². The van der Waals surface area contributed by atoms with E-state index in [1.54, 1.807) is 6.92 Å². The van der Waals surface area contributed by atoms with Gasteiger partial charge in [0.2, 0.25) is 0 Å². The molecule has 1 aliphatic carbocycles. The molecule has 0 amide bonds. The Bertz CT molecular complexity index is 725. The second-order valence-corrected chi connectivity index (χ2v) is 5.88. The summed E-state index contributed by atoms with van der Waals surface area (Å²) in [7, 11) is 0. The van der Waals surface area contributed by atoms with E-state index in [0.29, 0.717) is 17.7 Å². The Morgan fingerprint density at radius 1 is 1.36 bits per heavy atom. The van der Waals surface area contributed by atoms with E-state index in [2.05, 4.69) is 5.32 Å². The minimum Gasteiger partial charge on any atom is -0.390 e. The zero-order chi connectivity index (χ0) is 15.9. The number of aliphatic hydroxyl groups excluding tert-OH is 1. The van der Waals surface area contributed by atoms with Crippen LogP contribution in [-0.4, -0.2) is 16.1 Å². The van der Waals surface area contributed by atoms with Gasteiger partial charge in [-0.15, -0.1) is 0 Å². The molecule has 0 fully saturated rings. The van der Waals surface area contributed by atoms with Gasteiger partial charge in [0, 0.05) is 18.6 Å². The Balaban J connectivity index is 1.96. The van der Waals surface area contributed by atoms with Crippen LogP contribution in [0.5, 0.6) is 0 Å². The SMILES string of the molecule is Cc1cc([N+](=O)[O-])cc(Cl)c1NC1c2ccccc2CC1O. The third kappa shape index (κ3) is 2.53. The minimum absolute atomic E-state index is 0.0413. The summed E-state index contributed by atoms with van der Waals surface area (Å²) in [6, 6.07) is 10.4. The van der Waals surface area contributed by atoms with Crippen molar-refractivity contribution in [3.8, 4) is 0 Å². The summed E-state index contributed by atoms with van der Waals surface area (Å²) in [5.74, 6) is 0. The summed E-state index contributed by atoms with van der Waals surface area (Å²) in [6.07, 6.45) is 0.0281. The summed E-state index contributed by atoms with van der Waals surface area (Å²) < 4.78 is 0. The van der Waals surface area contributed by atoms with Gasteiger partial charge in [0.25, 0.3) is 5.69 Å². The number of nitro groups is 1. The van der Waals surface area contributed by atoms with Gasteiger partial charge in [0.1, 0.15) is 0 Å². The second-order valence-electron chi connectivity index (χ2n) is 5.47. The number of aryl methyl sites for hydroxylation is 1. The molecule has 0 aliphatic heterocycles. The quantitative estimate of drug-likeness (QED) is 0.669. The lowest BCUT2D eigenvalue weighted by Crippen LogP contribution is -2.21. The molecule has 2 N–H and O–H groups in total. The maximum absolute atomic E-state index is 10.9. The Morgan fingerprint density at radius 2 is 2.09 bits per heavy atom. The molecule has 2 unspecified atom stereocenters. The highest BCUT2D eigenvalue weighted by Crippen LogP contribution is 2.38. The molecule has 0 aromatic heterocycles. The fourth-order valence-electron chi connectivity index (χ4n) is 2.92. The third-order valence-corrected chi connectivity index (χ3v) is 4.28. The van der Waals surface area contributed by atoms with Crippen LogP contribution in [0.2, 0.25) is 5.02 Å². The lowest BCUT2D eigenvalue weighted by molar-refractivity contribution is -0.384. The molecule has 0 bridgehead atoms. The molecular weight excluding hydrogens is 304 g/mol. The number of benzene rings is 2. The van der Waals surface area contributed by atoms with Gasteiger partial charge < -0.3 is 10.4 Å². The van der Waals surface area contributed by atoms with Crippen molar-refractivity contribution in [2.45, 2.75) is 25.5 Å². The first-order valence-electron chi connectivity index (χ1n) is 6.94. The number of hydrogen-bond acceptors (Lipinski definition) is 4. The number of nitro benzene ring substituents is 1. The van der Waals surface area contributed by atoms with Crippen molar-refractivity contribution in [2.75, 3.05) is 5.32 Å². The number of rotatable bonds is 3. The van der Waals surface area contributed by atoms with Crippen molar-refractivity contribution in [1.82, 2.24) is 0 Å². The fraction of sp³-hybridized carbons (Fsp3) is 0.250. The Kier molecular flexibility index (Phi) is 3.76. The molecule has 0 heterocycles. The molecule has 0 saturated carbocycles. The average molecular weight is 319 g/mol. The van der Waals surface area contributed by atoms with Gasteiger partial charge in [-0.1, -0.05) is 35.9 Å². The highest BCUT2D eigenvalue weighted by molar-refractivity contribution is 6.33. The molecular formula is C16H15ClN2O3. The molecule has 6 heteroatoms. The second kappa shape index (κ2) is 5.59. The lowest BCUT2D eigenvalue weighted by atomic mass is 10.1. The topological polar surface area (TPSA) is 75.4 Å². The van der Waals surface area contributed by atoms with Crippen molar-refractivity contribution in [2.24, 2.45) is 0 Å². The number of anilines is 1. The first-order chi connectivity index (χ1) is 10.5. The fourth-order valence-corrected chi connectivity index (χ4v) is 3.23. The van der Waals surface area contributed by atoms with Crippen molar-refractivity contribution in [3.05, 3.63) is 68.2 Å². The van der Waals surface area contributed by atoms with E-state index in [0.717, 1.165) is 11.1 Å². The molecule has 114 valence electrons. The van der Waals surface area contributed by atoms with E-state index in [-0.39, 0.29) is 16.8 Å². The van der Waals surface area contributed by atoms with Crippen LogP contribution in [0.25, 0.3) is 0 Å². The first-order valence-corrected chi connectivity index (χ1v) is 7.32. The third-order valence-electron chi connectivity index (χ3n) is 3.99. The van der Waals surface area contributed by atoms with Crippen LogP contribution in [0.15, 0.2) is 36.4 Å².